The second kappa shape index (κ2) is 8.95. The molecule has 1 aliphatic heterocycles. The zero-order valence-corrected chi connectivity index (χ0v) is 18.2. The Labute approximate surface area is 184 Å². The molecule has 0 atom stereocenters. The van der Waals surface area contributed by atoms with Gasteiger partial charge in [-0.3, -0.25) is 9.59 Å². The molecule has 0 bridgehead atoms. The van der Waals surface area contributed by atoms with Crippen LogP contribution < -0.4 is 5.32 Å². The van der Waals surface area contributed by atoms with Gasteiger partial charge in [-0.15, -0.1) is 11.3 Å². The first kappa shape index (κ1) is 21.1. The molecule has 2 aromatic carbocycles. The van der Waals surface area contributed by atoms with Gasteiger partial charge >= 0.3 is 0 Å². The molecule has 8 heteroatoms. The number of benzene rings is 2. The predicted octanol–water partition coefficient (Wildman–Crippen LogP) is 3.90. The van der Waals surface area contributed by atoms with Crippen molar-refractivity contribution in [1.82, 2.24) is 14.8 Å². The molecular weight excluding hydrogens is 415 g/mol. The largest absolute Gasteiger partial charge is 0.336 e. The maximum Gasteiger partial charge on any atom is 0.267 e. The minimum Gasteiger partial charge on any atom is -0.336 e. The summed E-state index contributed by atoms with van der Waals surface area (Å²) >= 11 is 1.26. The summed E-state index contributed by atoms with van der Waals surface area (Å²) in [5, 5.41) is 3.53. The molecule has 6 nitrogen and oxygen atoms in total. The monoisotopic (exact) mass is 438 g/mol. The van der Waals surface area contributed by atoms with Gasteiger partial charge in [0.25, 0.3) is 11.8 Å². The maximum atomic E-state index is 13.2. The van der Waals surface area contributed by atoms with Crippen LogP contribution in [0.3, 0.4) is 0 Å². The van der Waals surface area contributed by atoms with Gasteiger partial charge in [-0.1, -0.05) is 0 Å². The van der Waals surface area contributed by atoms with Gasteiger partial charge in [-0.05, 0) is 62.5 Å². The van der Waals surface area contributed by atoms with Crippen LogP contribution in [0.4, 0.5) is 10.1 Å². The van der Waals surface area contributed by atoms with Gasteiger partial charge in [-0.25, -0.2) is 9.37 Å². The van der Waals surface area contributed by atoms with E-state index in [0.29, 0.717) is 26.8 Å². The fourth-order valence-electron chi connectivity index (χ4n) is 3.40. The average molecular weight is 439 g/mol. The Morgan fingerprint density at radius 1 is 1.00 bits per heavy atom. The number of aryl methyl sites for hydroxylation is 1. The molecule has 0 unspecified atom stereocenters. The highest BCUT2D eigenvalue weighted by Gasteiger charge is 2.21. The molecule has 1 aliphatic rings. The number of hydrogen-bond donors (Lipinski definition) is 1. The third-order valence-electron chi connectivity index (χ3n) is 5.27. The van der Waals surface area contributed by atoms with Crippen molar-refractivity contribution in [3.05, 3.63) is 70.5 Å². The molecule has 3 aromatic rings. The Bertz CT molecular complexity index is 1090. The number of hydrogen-bond acceptors (Lipinski definition) is 5. The van der Waals surface area contributed by atoms with E-state index < -0.39 is 0 Å². The van der Waals surface area contributed by atoms with E-state index in [1.807, 2.05) is 11.9 Å². The van der Waals surface area contributed by atoms with Gasteiger partial charge < -0.3 is 15.1 Å². The van der Waals surface area contributed by atoms with Gasteiger partial charge in [0.1, 0.15) is 15.7 Å². The van der Waals surface area contributed by atoms with E-state index in [1.165, 1.54) is 23.5 Å². The SMILES string of the molecule is Cc1nc(-c2ccc(F)cc2)sc1C(=O)Nc1ccc(C(=O)N2CCN(C)CC2)cc1. The first-order valence-electron chi connectivity index (χ1n) is 10.0. The van der Waals surface area contributed by atoms with Crippen molar-refractivity contribution in [3.8, 4) is 10.6 Å². The summed E-state index contributed by atoms with van der Waals surface area (Å²) in [7, 11) is 2.05. The standard InChI is InChI=1S/C23H23FN4O2S/c1-15-20(31-22(25-15)16-3-7-18(24)8-4-16)21(29)26-19-9-5-17(6-10-19)23(30)28-13-11-27(2)12-14-28/h3-10H,11-14H2,1-2H3,(H,26,29). The minimum atomic E-state index is -0.315. The molecule has 1 fully saturated rings. The third-order valence-corrected chi connectivity index (χ3v) is 6.48. The zero-order chi connectivity index (χ0) is 22.0. The molecule has 2 amide bonds. The lowest BCUT2D eigenvalue weighted by atomic mass is 10.1. The van der Waals surface area contributed by atoms with Crippen molar-refractivity contribution < 1.29 is 14.0 Å². The van der Waals surface area contributed by atoms with Crippen molar-refractivity contribution in [2.75, 3.05) is 38.5 Å². The van der Waals surface area contributed by atoms with E-state index >= 15 is 0 Å². The fourth-order valence-corrected chi connectivity index (χ4v) is 4.37. The van der Waals surface area contributed by atoms with Crippen LogP contribution in [0, 0.1) is 12.7 Å². The number of aromatic nitrogens is 1. The molecule has 1 aromatic heterocycles. The summed E-state index contributed by atoms with van der Waals surface area (Å²) in [6, 6.07) is 13.0. The molecule has 0 radical (unpaired) electrons. The molecule has 1 saturated heterocycles. The quantitative estimate of drug-likeness (QED) is 0.671. The number of carbonyl (C=O) groups is 2. The van der Waals surface area contributed by atoms with E-state index in [2.05, 4.69) is 15.2 Å². The van der Waals surface area contributed by atoms with Crippen LogP contribution in [-0.2, 0) is 0 Å². The summed E-state index contributed by atoms with van der Waals surface area (Å²) in [6.07, 6.45) is 0. The number of anilines is 1. The molecule has 0 aliphatic carbocycles. The highest BCUT2D eigenvalue weighted by molar-refractivity contribution is 7.17. The average Bonchev–Trinajstić information content (AvgIpc) is 3.16. The molecule has 31 heavy (non-hydrogen) atoms. The topological polar surface area (TPSA) is 65.5 Å². The fraction of sp³-hybridized carbons (Fsp3) is 0.261. The van der Waals surface area contributed by atoms with Crippen molar-refractivity contribution in [2.45, 2.75) is 6.92 Å². The van der Waals surface area contributed by atoms with Crippen LogP contribution in [0.1, 0.15) is 25.7 Å². The summed E-state index contributed by atoms with van der Waals surface area (Å²) < 4.78 is 13.2. The van der Waals surface area contributed by atoms with Gasteiger partial charge in [0, 0.05) is 43.0 Å². The van der Waals surface area contributed by atoms with Crippen molar-refractivity contribution in [2.24, 2.45) is 0 Å². The number of piperazine rings is 1. The normalized spacial score (nSPS) is 14.5. The van der Waals surface area contributed by atoms with Crippen molar-refractivity contribution in [3.63, 3.8) is 0 Å². The Morgan fingerprint density at radius 2 is 1.65 bits per heavy atom. The van der Waals surface area contributed by atoms with Gasteiger partial charge in [0.15, 0.2) is 0 Å². The molecular formula is C23H23FN4O2S. The first-order valence-corrected chi connectivity index (χ1v) is 10.8. The van der Waals surface area contributed by atoms with E-state index in [4.69, 9.17) is 0 Å². The van der Waals surface area contributed by atoms with Crippen LogP contribution >= 0.6 is 11.3 Å². The predicted molar refractivity (Wildman–Crippen MR) is 120 cm³/mol. The van der Waals surface area contributed by atoms with E-state index in [9.17, 15) is 14.0 Å². The van der Waals surface area contributed by atoms with Gasteiger partial charge in [-0.2, -0.15) is 0 Å². The van der Waals surface area contributed by atoms with Crippen LogP contribution in [-0.4, -0.2) is 59.8 Å². The number of nitrogens with zero attached hydrogens (tertiary/aromatic N) is 3. The summed E-state index contributed by atoms with van der Waals surface area (Å²) in [6.45, 7) is 4.95. The Hall–Kier alpha value is -3.10. The number of rotatable bonds is 4. The van der Waals surface area contributed by atoms with E-state index in [0.717, 1.165) is 31.7 Å². The molecule has 4 rings (SSSR count). The molecule has 2 heterocycles. The van der Waals surface area contributed by atoms with E-state index in [1.54, 1.807) is 43.3 Å². The summed E-state index contributed by atoms with van der Waals surface area (Å²) in [4.78, 5) is 34.4. The lowest BCUT2D eigenvalue weighted by molar-refractivity contribution is 0.0664. The Balaban J connectivity index is 1.43. The van der Waals surface area contributed by atoms with Crippen LogP contribution in [0.15, 0.2) is 48.5 Å². The number of thiazole rings is 1. The smallest absolute Gasteiger partial charge is 0.267 e. The second-order valence-corrected chi connectivity index (χ2v) is 8.57. The van der Waals surface area contributed by atoms with Crippen LogP contribution in [0.25, 0.3) is 10.6 Å². The molecule has 160 valence electrons. The Kier molecular flexibility index (Phi) is 6.11. The number of likely N-dealkylation sites (N-methyl/N-ethyl adjacent to an activating group) is 1. The maximum absolute atomic E-state index is 13.2. The Morgan fingerprint density at radius 3 is 2.29 bits per heavy atom. The summed E-state index contributed by atoms with van der Waals surface area (Å²) in [5.74, 6) is -0.570. The molecule has 1 N–H and O–H groups in total. The van der Waals surface area contributed by atoms with Crippen molar-refractivity contribution >= 4 is 28.8 Å². The van der Waals surface area contributed by atoms with E-state index in [-0.39, 0.29) is 17.6 Å². The third kappa shape index (κ3) is 4.81. The number of amides is 2. The lowest BCUT2D eigenvalue weighted by Crippen LogP contribution is -2.47. The number of halogens is 1. The zero-order valence-electron chi connectivity index (χ0n) is 17.4. The summed E-state index contributed by atoms with van der Waals surface area (Å²) in [5.41, 5.74) is 2.59. The van der Waals surface area contributed by atoms with Crippen LogP contribution in [0.5, 0.6) is 0 Å². The molecule has 0 saturated carbocycles. The van der Waals surface area contributed by atoms with Gasteiger partial charge in [0.05, 0.1) is 5.69 Å². The highest BCUT2D eigenvalue weighted by Crippen LogP contribution is 2.28. The first-order chi connectivity index (χ1) is 14.9. The minimum absolute atomic E-state index is 0.00761. The van der Waals surface area contributed by atoms with Gasteiger partial charge in [0.2, 0.25) is 0 Å². The lowest BCUT2D eigenvalue weighted by Gasteiger charge is -2.32. The van der Waals surface area contributed by atoms with Crippen molar-refractivity contribution in [1.29, 1.82) is 0 Å². The second-order valence-electron chi connectivity index (χ2n) is 7.57. The number of carbonyl (C=O) groups excluding carboxylic acids is 2. The van der Waals surface area contributed by atoms with Crippen LogP contribution in [0.2, 0.25) is 0 Å². The highest BCUT2D eigenvalue weighted by atomic mass is 32.1. The number of nitrogens with one attached hydrogen (secondary N) is 1. The molecule has 0 spiro atoms.